The molecule has 4 rings (SSSR count). The minimum Gasteiger partial charge on any atom is -0.489 e. The van der Waals surface area contributed by atoms with Gasteiger partial charge >= 0.3 is 0 Å². The summed E-state index contributed by atoms with van der Waals surface area (Å²) in [6.45, 7) is 0.407. The average Bonchev–Trinajstić information content (AvgIpc) is 3.06. The first-order valence-electron chi connectivity index (χ1n) is 7.70. The highest BCUT2D eigenvalue weighted by Crippen LogP contribution is 2.23. The number of aromatic amines is 1. The number of fused-ring (bicyclic) bond motifs is 1. The lowest BCUT2D eigenvalue weighted by molar-refractivity contribution is 0.306. The monoisotopic (exact) mass is 318 g/mol. The zero-order valence-electron chi connectivity index (χ0n) is 12.9. The van der Waals surface area contributed by atoms with E-state index in [4.69, 9.17) is 4.74 Å². The van der Waals surface area contributed by atoms with Gasteiger partial charge in [0.15, 0.2) is 0 Å². The third-order valence-corrected chi connectivity index (χ3v) is 3.84. The summed E-state index contributed by atoms with van der Waals surface area (Å²) in [4.78, 5) is 7.89. The number of rotatable bonds is 4. The summed E-state index contributed by atoms with van der Waals surface area (Å²) in [6, 6.07) is 22.0. The highest BCUT2D eigenvalue weighted by atomic mass is 19.1. The fraction of sp³-hybridized carbons (Fsp3) is 0.0500. The van der Waals surface area contributed by atoms with Gasteiger partial charge in [-0.05, 0) is 54.1 Å². The first kappa shape index (κ1) is 14.5. The van der Waals surface area contributed by atoms with Gasteiger partial charge in [0.1, 0.15) is 24.0 Å². The Balaban J connectivity index is 1.48. The second-order valence-electron chi connectivity index (χ2n) is 5.54. The van der Waals surface area contributed by atoms with E-state index in [1.54, 1.807) is 12.1 Å². The molecule has 0 aliphatic heterocycles. The van der Waals surface area contributed by atoms with Crippen LogP contribution in [-0.2, 0) is 6.61 Å². The van der Waals surface area contributed by atoms with E-state index in [2.05, 4.69) is 9.97 Å². The van der Waals surface area contributed by atoms with Crippen LogP contribution in [-0.4, -0.2) is 9.97 Å². The van der Waals surface area contributed by atoms with Crippen molar-refractivity contribution in [2.75, 3.05) is 0 Å². The molecule has 1 heterocycles. The van der Waals surface area contributed by atoms with Crippen LogP contribution >= 0.6 is 0 Å². The molecular weight excluding hydrogens is 303 g/mol. The summed E-state index contributed by atoms with van der Waals surface area (Å²) in [5.41, 5.74) is 3.89. The molecule has 0 saturated heterocycles. The normalized spacial score (nSPS) is 10.9. The van der Waals surface area contributed by atoms with Crippen molar-refractivity contribution < 1.29 is 9.13 Å². The second-order valence-corrected chi connectivity index (χ2v) is 5.54. The molecule has 0 spiro atoms. The van der Waals surface area contributed by atoms with E-state index in [0.717, 1.165) is 33.7 Å². The van der Waals surface area contributed by atoms with Crippen molar-refractivity contribution in [1.82, 2.24) is 9.97 Å². The van der Waals surface area contributed by atoms with E-state index >= 15 is 0 Å². The molecule has 24 heavy (non-hydrogen) atoms. The lowest BCUT2D eigenvalue weighted by Crippen LogP contribution is -1.95. The molecule has 0 fully saturated rings. The summed E-state index contributed by atoms with van der Waals surface area (Å²) in [7, 11) is 0. The Labute approximate surface area is 138 Å². The van der Waals surface area contributed by atoms with Crippen molar-refractivity contribution in [1.29, 1.82) is 0 Å². The maximum Gasteiger partial charge on any atom is 0.138 e. The van der Waals surface area contributed by atoms with Crippen molar-refractivity contribution >= 4 is 11.0 Å². The predicted octanol–water partition coefficient (Wildman–Crippen LogP) is 4.95. The van der Waals surface area contributed by atoms with Gasteiger partial charge in [0, 0.05) is 5.56 Å². The molecule has 4 aromatic rings. The maximum absolute atomic E-state index is 12.9. The van der Waals surface area contributed by atoms with Crippen molar-refractivity contribution in [2.24, 2.45) is 0 Å². The number of nitrogens with zero attached hydrogens (tertiary/aromatic N) is 1. The van der Waals surface area contributed by atoms with Crippen LogP contribution in [0, 0.1) is 5.82 Å². The van der Waals surface area contributed by atoms with Crippen LogP contribution in [0.2, 0.25) is 0 Å². The number of benzene rings is 3. The Kier molecular flexibility index (Phi) is 3.71. The molecule has 0 atom stereocenters. The van der Waals surface area contributed by atoms with Gasteiger partial charge in [0.25, 0.3) is 0 Å². The Morgan fingerprint density at radius 2 is 1.62 bits per heavy atom. The first-order valence-corrected chi connectivity index (χ1v) is 7.70. The molecule has 0 aliphatic rings. The second kappa shape index (κ2) is 6.16. The third kappa shape index (κ3) is 2.99. The van der Waals surface area contributed by atoms with Crippen LogP contribution in [0.5, 0.6) is 5.75 Å². The number of ether oxygens (including phenoxy) is 1. The van der Waals surface area contributed by atoms with E-state index in [1.165, 1.54) is 12.1 Å². The van der Waals surface area contributed by atoms with E-state index in [0.29, 0.717) is 6.61 Å². The van der Waals surface area contributed by atoms with Crippen LogP contribution in [0.25, 0.3) is 22.4 Å². The fourth-order valence-corrected chi connectivity index (χ4v) is 2.55. The molecule has 3 aromatic carbocycles. The highest BCUT2D eigenvalue weighted by Gasteiger charge is 2.05. The molecule has 4 heteroatoms. The van der Waals surface area contributed by atoms with Crippen molar-refractivity contribution in [3.63, 3.8) is 0 Å². The van der Waals surface area contributed by atoms with Gasteiger partial charge in [0.05, 0.1) is 11.0 Å². The van der Waals surface area contributed by atoms with Gasteiger partial charge in [0.2, 0.25) is 0 Å². The molecule has 0 aliphatic carbocycles. The van der Waals surface area contributed by atoms with E-state index in [1.807, 2.05) is 48.5 Å². The van der Waals surface area contributed by atoms with Gasteiger partial charge in [-0.15, -0.1) is 0 Å². The minimum absolute atomic E-state index is 0.242. The topological polar surface area (TPSA) is 37.9 Å². The molecule has 0 radical (unpaired) electrons. The van der Waals surface area contributed by atoms with Crippen LogP contribution < -0.4 is 4.74 Å². The number of hydrogen-bond donors (Lipinski definition) is 1. The molecule has 1 N–H and O–H groups in total. The first-order chi connectivity index (χ1) is 11.8. The lowest BCUT2D eigenvalue weighted by Gasteiger charge is -2.07. The van der Waals surface area contributed by atoms with Gasteiger partial charge in [-0.1, -0.05) is 24.3 Å². The number of halogens is 1. The number of nitrogens with one attached hydrogen (secondary N) is 1. The lowest BCUT2D eigenvalue weighted by atomic mass is 10.2. The summed E-state index contributed by atoms with van der Waals surface area (Å²) in [5, 5.41) is 0. The largest absolute Gasteiger partial charge is 0.489 e. The molecule has 118 valence electrons. The quantitative estimate of drug-likeness (QED) is 0.578. The summed E-state index contributed by atoms with van der Waals surface area (Å²) in [5.74, 6) is 1.36. The molecular formula is C20H15FN2O. The number of H-pyrrole nitrogens is 1. The Bertz CT molecular complexity index is 926. The SMILES string of the molecule is Fc1ccc(COc2ccc(-c3nc4ccccc4[nH]3)cc2)cc1. The molecule has 0 unspecified atom stereocenters. The maximum atomic E-state index is 12.9. The highest BCUT2D eigenvalue weighted by molar-refractivity contribution is 5.79. The molecule has 0 amide bonds. The van der Waals surface area contributed by atoms with Gasteiger partial charge in [-0.25, -0.2) is 9.37 Å². The summed E-state index contributed by atoms with van der Waals surface area (Å²) >= 11 is 0. The summed E-state index contributed by atoms with van der Waals surface area (Å²) < 4.78 is 18.6. The molecule has 3 nitrogen and oxygen atoms in total. The standard InChI is InChI=1S/C20H15FN2O/c21-16-9-5-14(6-10-16)13-24-17-11-7-15(8-12-17)20-22-18-3-1-2-4-19(18)23-20/h1-12H,13H2,(H,22,23). The van der Waals surface area contributed by atoms with Gasteiger partial charge in [-0.3, -0.25) is 0 Å². The Hall–Kier alpha value is -3.14. The van der Waals surface area contributed by atoms with Crippen LogP contribution in [0.3, 0.4) is 0 Å². The fourth-order valence-electron chi connectivity index (χ4n) is 2.55. The summed E-state index contributed by atoms with van der Waals surface area (Å²) in [6.07, 6.45) is 0. The van der Waals surface area contributed by atoms with Crippen LogP contribution in [0.15, 0.2) is 72.8 Å². The van der Waals surface area contributed by atoms with E-state index in [-0.39, 0.29) is 5.82 Å². The molecule has 0 saturated carbocycles. The Morgan fingerprint density at radius 1 is 0.875 bits per heavy atom. The zero-order valence-corrected chi connectivity index (χ0v) is 12.9. The molecule has 1 aromatic heterocycles. The van der Waals surface area contributed by atoms with E-state index in [9.17, 15) is 4.39 Å². The predicted molar refractivity (Wildman–Crippen MR) is 92.3 cm³/mol. The number of aromatic nitrogens is 2. The number of para-hydroxylation sites is 2. The number of imidazole rings is 1. The molecule has 0 bridgehead atoms. The minimum atomic E-state index is -0.242. The Morgan fingerprint density at radius 3 is 2.38 bits per heavy atom. The van der Waals surface area contributed by atoms with Crippen molar-refractivity contribution in [3.05, 3.63) is 84.2 Å². The van der Waals surface area contributed by atoms with Gasteiger partial charge in [-0.2, -0.15) is 0 Å². The third-order valence-electron chi connectivity index (χ3n) is 3.84. The van der Waals surface area contributed by atoms with Crippen molar-refractivity contribution in [2.45, 2.75) is 6.61 Å². The van der Waals surface area contributed by atoms with E-state index < -0.39 is 0 Å². The number of hydrogen-bond acceptors (Lipinski definition) is 2. The van der Waals surface area contributed by atoms with Crippen LogP contribution in [0.1, 0.15) is 5.56 Å². The van der Waals surface area contributed by atoms with Crippen LogP contribution in [0.4, 0.5) is 4.39 Å². The zero-order chi connectivity index (χ0) is 16.4. The average molecular weight is 318 g/mol. The van der Waals surface area contributed by atoms with Gasteiger partial charge < -0.3 is 9.72 Å². The smallest absolute Gasteiger partial charge is 0.138 e. The van der Waals surface area contributed by atoms with Crippen molar-refractivity contribution in [3.8, 4) is 17.1 Å².